The van der Waals surface area contributed by atoms with Gasteiger partial charge in [0.1, 0.15) is 25.1 Å². The smallest absolute Gasteiger partial charge is 0.294 e. The molecule has 2 aliphatic rings. The summed E-state index contributed by atoms with van der Waals surface area (Å²) in [5.41, 5.74) is 0.670. The largest absolute Gasteiger partial charge is 0.486 e. The van der Waals surface area contributed by atoms with Gasteiger partial charge in [0, 0.05) is 5.56 Å². The fourth-order valence-electron chi connectivity index (χ4n) is 3.74. The summed E-state index contributed by atoms with van der Waals surface area (Å²) in [6.07, 6.45) is 0.978. The molecule has 0 bridgehead atoms. The van der Waals surface area contributed by atoms with E-state index in [1.165, 1.54) is 17.0 Å². The van der Waals surface area contributed by atoms with Crippen LogP contribution in [0.15, 0.2) is 78.6 Å². The normalized spacial score (nSPS) is 17.7. The van der Waals surface area contributed by atoms with Gasteiger partial charge in [0.2, 0.25) is 5.91 Å². The lowest BCUT2D eigenvalue weighted by Gasteiger charge is -2.30. The molecule has 0 saturated carbocycles. The molecule has 3 aromatic rings. The minimum atomic E-state index is -0.539. The van der Waals surface area contributed by atoms with Crippen molar-refractivity contribution in [2.24, 2.45) is 0 Å². The predicted octanol–water partition coefficient (Wildman–Crippen LogP) is 3.55. The van der Waals surface area contributed by atoms with Crippen molar-refractivity contribution in [3.05, 3.63) is 89.9 Å². The Bertz CT molecular complexity index is 1280. The lowest BCUT2D eigenvalue weighted by Crippen LogP contribution is -2.47. The van der Waals surface area contributed by atoms with Crippen molar-refractivity contribution < 1.29 is 28.2 Å². The van der Waals surface area contributed by atoms with E-state index < -0.39 is 11.7 Å². The minimum Gasteiger partial charge on any atom is -0.486 e. The lowest BCUT2D eigenvalue weighted by molar-refractivity contribution is -0.123. The molecule has 0 aliphatic carbocycles. The highest BCUT2D eigenvalue weighted by atomic mass is 19.1. The molecule has 8 heteroatoms. The number of anilines is 1. The van der Waals surface area contributed by atoms with Crippen LogP contribution in [-0.4, -0.2) is 37.6 Å². The molecule has 172 valence electrons. The summed E-state index contributed by atoms with van der Waals surface area (Å²) >= 11 is 0. The molecule has 34 heavy (non-hydrogen) atoms. The number of carbonyl (C=O) groups excluding carboxylic acids is 2. The monoisotopic (exact) mass is 460 g/mol. The molecule has 2 amide bonds. The Labute approximate surface area is 195 Å². The highest BCUT2D eigenvalue weighted by Crippen LogP contribution is 2.35. The molecule has 0 aromatic heterocycles. The predicted molar refractivity (Wildman–Crippen MR) is 123 cm³/mol. The van der Waals surface area contributed by atoms with Gasteiger partial charge in [0.15, 0.2) is 23.0 Å². The molecule has 3 aromatic carbocycles. The Morgan fingerprint density at radius 1 is 1.00 bits per heavy atom. The summed E-state index contributed by atoms with van der Waals surface area (Å²) in [7, 11) is 0. The van der Waals surface area contributed by atoms with Crippen molar-refractivity contribution >= 4 is 23.6 Å². The second-order valence-corrected chi connectivity index (χ2v) is 7.79. The van der Waals surface area contributed by atoms with Gasteiger partial charge in [-0.1, -0.05) is 42.5 Å². The van der Waals surface area contributed by atoms with Gasteiger partial charge in [0.05, 0.1) is 12.2 Å². The number of nitrogens with one attached hydrogen (secondary N) is 1. The van der Waals surface area contributed by atoms with Gasteiger partial charge in [-0.3, -0.25) is 14.5 Å². The topological polar surface area (TPSA) is 77.1 Å². The third kappa shape index (κ3) is 4.43. The summed E-state index contributed by atoms with van der Waals surface area (Å²) in [6.45, 7) is 0.273. The van der Waals surface area contributed by atoms with Crippen LogP contribution in [0.3, 0.4) is 0 Å². The van der Waals surface area contributed by atoms with Crippen LogP contribution in [0.25, 0.3) is 6.08 Å². The maximum absolute atomic E-state index is 14.1. The van der Waals surface area contributed by atoms with Crippen LogP contribution in [0, 0.1) is 5.82 Å². The molecule has 1 unspecified atom stereocenters. The highest BCUT2D eigenvalue weighted by molar-refractivity contribution is 6.12. The van der Waals surface area contributed by atoms with E-state index in [9.17, 15) is 14.0 Å². The second kappa shape index (κ2) is 9.27. The molecule has 2 heterocycles. The van der Waals surface area contributed by atoms with Crippen molar-refractivity contribution in [1.29, 1.82) is 0 Å². The number of hydrogen-bond acceptors (Lipinski definition) is 5. The lowest BCUT2D eigenvalue weighted by atomic mass is 10.1. The number of ether oxygens (including phenoxy) is 3. The zero-order valence-corrected chi connectivity index (χ0v) is 18.1. The first kappa shape index (κ1) is 21.5. The van der Waals surface area contributed by atoms with Crippen LogP contribution < -0.4 is 24.4 Å². The number of carbonyl (C=O) groups is 2. The molecular formula is C26H21FN2O5. The van der Waals surface area contributed by atoms with Crippen LogP contribution in [0.4, 0.5) is 10.1 Å². The Morgan fingerprint density at radius 2 is 1.71 bits per heavy atom. The van der Waals surface area contributed by atoms with Gasteiger partial charge < -0.3 is 19.5 Å². The van der Waals surface area contributed by atoms with Crippen LogP contribution in [-0.2, 0) is 9.59 Å². The first-order valence-corrected chi connectivity index (χ1v) is 10.8. The van der Waals surface area contributed by atoms with E-state index in [0.717, 1.165) is 0 Å². The standard InChI is InChI=1S/C26H21FN2O5/c27-19-8-2-1-7-17(19)13-24-26(31)29(20-9-3-4-10-21(20)34-24)15-25(30)28-14-18-16-32-22-11-5-6-12-23(22)33-18/h1-13,18H,14-16H2,(H,28,30)/b24-13-. The molecule has 0 radical (unpaired) electrons. The van der Waals surface area contributed by atoms with E-state index in [1.807, 2.05) is 18.2 Å². The molecule has 1 atom stereocenters. The molecule has 7 nitrogen and oxygen atoms in total. The average molecular weight is 460 g/mol. The second-order valence-electron chi connectivity index (χ2n) is 7.79. The van der Waals surface area contributed by atoms with Crippen molar-refractivity contribution in [3.63, 3.8) is 0 Å². The van der Waals surface area contributed by atoms with E-state index in [1.54, 1.807) is 48.5 Å². The third-order valence-electron chi connectivity index (χ3n) is 5.42. The van der Waals surface area contributed by atoms with E-state index >= 15 is 0 Å². The minimum absolute atomic E-state index is 0.0720. The maximum Gasteiger partial charge on any atom is 0.294 e. The SMILES string of the molecule is O=C(CN1C(=O)/C(=C/c2ccccc2F)Oc2ccccc21)NCC1COc2ccccc2O1. The Hall–Kier alpha value is -4.33. The van der Waals surface area contributed by atoms with Gasteiger partial charge in [-0.05, 0) is 36.4 Å². The van der Waals surface area contributed by atoms with Gasteiger partial charge in [-0.15, -0.1) is 0 Å². The van der Waals surface area contributed by atoms with E-state index in [-0.39, 0.29) is 36.4 Å². The Balaban J connectivity index is 1.29. The van der Waals surface area contributed by atoms with Gasteiger partial charge >= 0.3 is 0 Å². The molecule has 0 saturated heterocycles. The quantitative estimate of drug-likeness (QED) is 0.590. The maximum atomic E-state index is 14.1. The average Bonchev–Trinajstić information content (AvgIpc) is 2.86. The number of nitrogens with zero attached hydrogens (tertiary/aromatic N) is 1. The number of fused-ring (bicyclic) bond motifs is 2. The van der Waals surface area contributed by atoms with Crippen molar-refractivity contribution in [2.75, 3.05) is 24.6 Å². The molecule has 0 fully saturated rings. The molecule has 0 spiro atoms. The zero-order chi connectivity index (χ0) is 23.5. The molecular weight excluding hydrogens is 439 g/mol. The fourth-order valence-corrected chi connectivity index (χ4v) is 3.74. The number of para-hydroxylation sites is 4. The zero-order valence-electron chi connectivity index (χ0n) is 18.1. The van der Waals surface area contributed by atoms with Gasteiger partial charge in [0.25, 0.3) is 5.91 Å². The molecule has 2 aliphatic heterocycles. The summed E-state index contributed by atoms with van der Waals surface area (Å²) in [5, 5.41) is 2.80. The van der Waals surface area contributed by atoms with Crippen LogP contribution in [0.5, 0.6) is 17.2 Å². The summed E-state index contributed by atoms with van der Waals surface area (Å²) in [5.74, 6) is 0.213. The first-order chi connectivity index (χ1) is 16.6. The summed E-state index contributed by atoms with van der Waals surface area (Å²) in [4.78, 5) is 27.2. The van der Waals surface area contributed by atoms with Crippen LogP contribution in [0.2, 0.25) is 0 Å². The number of rotatable bonds is 5. The first-order valence-electron chi connectivity index (χ1n) is 10.8. The number of benzene rings is 3. The number of halogens is 1. The third-order valence-corrected chi connectivity index (χ3v) is 5.42. The van der Waals surface area contributed by atoms with E-state index in [2.05, 4.69) is 5.32 Å². The number of amides is 2. The number of hydrogen-bond donors (Lipinski definition) is 1. The van der Waals surface area contributed by atoms with E-state index in [0.29, 0.717) is 29.5 Å². The fraction of sp³-hybridized carbons (Fsp3) is 0.154. The van der Waals surface area contributed by atoms with Crippen molar-refractivity contribution in [1.82, 2.24) is 5.32 Å². The van der Waals surface area contributed by atoms with Crippen LogP contribution in [0.1, 0.15) is 5.56 Å². The molecule has 5 rings (SSSR count). The highest BCUT2D eigenvalue weighted by Gasteiger charge is 2.32. The Morgan fingerprint density at radius 3 is 2.53 bits per heavy atom. The van der Waals surface area contributed by atoms with E-state index in [4.69, 9.17) is 14.2 Å². The van der Waals surface area contributed by atoms with Crippen molar-refractivity contribution in [3.8, 4) is 17.2 Å². The van der Waals surface area contributed by atoms with Gasteiger partial charge in [-0.2, -0.15) is 0 Å². The van der Waals surface area contributed by atoms with Crippen molar-refractivity contribution in [2.45, 2.75) is 6.10 Å². The Kier molecular flexibility index (Phi) is 5.86. The summed E-state index contributed by atoms with van der Waals surface area (Å²) < 4.78 is 31.4. The molecule has 1 N–H and O–H groups in total. The van der Waals surface area contributed by atoms with Gasteiger partial charge in [-0.25, -0.2) is 4.39 Å². The van der Waals surface area contributed by atoms with Crippen LogP contribution >= 0.6 is 0 Å². The summed E-state index contributed by atoms with van der Waals surface area (Å²) in [6, 6.07) is 20.3.